The van der Waals surface area contributed by atoms with Gasteiger partial charge in [0.05, 0.1) is 12.4 Å². The van der Waals surface area contributed by atoms with E-state index in [-0.39, 0.29) is 5.91 Å². The van der Waals surface area contributed by atoms with Crippen LogP contribution in [0.2, 0.25) is 5.02 Å². The van der Waals surface area contributed by atoms with Crippen LogP contribution in [0.25, 0.3) is 0 Å². The van der Waals surface area contributed by atoms with Crippen molar-refractivity contribution in [2.24, 2.45) is 5.92 Å². The Hall–Kier alpha value is -0.710. The van der Waals surface area contributed by atoms with Gasteiger partial charge in [-0.05, 0) is 30.2 Å². The molecule has 0 aliphatic heterocycles. The fourth-order valence-corrected chi connectivity index (χ4v) is 1.81. The quantitative estimate of drug-likeness (QED) is 0.639. The molecule has 0 aromatic heterocycles. The Balaban J connectivity index is 2.21. The van der Waals surface area contributed by atoms with Gasteiger partial charge in [-0.1, -0.05) is 25.4 Å². The Kier molecular flexibility index (Phi) is 6.40. The highest BCUT2D eigenvalue weighted by atomic mass is 35.5. The zero-order valence-electron chi connectivity index (χ0n) is 9.90. The molecule has 0 radical (unpaired) electrons. The molecule has 1 aromatic carbocycles. The number of benzene rings is 1. The van der Waals surface area contributed by atoms with E-state index >= 15 is 0 Å². The lowest BCUT2D eigenvalue weighted by atomic mass is 10.2. The van der Waals surface area contributed by atoms with Gasteiger partial charge in [0.2, 0.25) is 0 Å². The van der Waals surface area contributed by atoms with Crippen LogP contribution in [-0.2, 0) is 9.63 Å². The first-order chi connectivity index (χ1) is 8.08. The van der Waals surface area contributed by atoms with Crippen LogP contribution in [0.4, 0.5) is 0 Å². The molecule has 1 aromatic rings. The second-order valence-corrected chi connectivity index (χ2v) is 5.46. The topological polar surface area (TPSA) is 38.3 Å². The number of hydrogen-bond acceptors (Lipinski definition) is 3. The molecule has 1 N–H and O–H groups in total. The van der Waals surface area contributed by atoms with Gasteiger partial charge in [-0.2, -0.15) is 0 Å². The van der Waals surface area contributed by atoms with Crippen molar-refractivity contribution in [3.63, 3.8) is 0 Å². The third-order valence-electron chi connectivity index (χ3n) is 1.79. The van der Waals surface area contributed by atoms with E-state index in [0.29, 0.717) is 23.3 Å². The van der Waals surface area contributed by atoms with E-state index in [2.05, 4.69) is 5.48 Å². The molecule has 0 saturated carbocycles. The van der Waals surface area contributed by atoms with Crippen LogP contribution in [0, 0.1) is 5.92 Å². The molecule has 0 saturated heterocycles. The van der Waals surface area contributed by atoms with Crippen molar-refractivity contribution in [1.29, 1.82) is 0 Å². The highest BCUT2D eigenvalue weighted by Gasteiger charge is 2.03. The van der Waals surface area contributed by atoms with Crippen LogP contribution in [0.15, 0.2) is 29.2 Å². The summed E-state index contributed by atoms with van der Waals surface area (Å²) in [7, 11) is 0. The molecular weight excluding hydrogens is 258 g/mol. The van der Waals surface area contributed by atoms with E-state index in [0.717, 1.165) is 4.90 Å². The summed E-state index contributed by atoms with van der Waals surface area (Å²) < 4.78 is 0. The SMILES string of the molecule is CC(C)CONC(=O)CSc1ccc(Cl)cc1. The predicted octanol–water partition coefficient (Wildman–Crippen LogP) is 3.14. The first kappa shape index (κ1) is 14.4. The molecule has 0 spiro atoms. The molecule has 94 valence electrons. The highest BCUT2D eigenvalue weighted by Crippen LogP contribution is 2.19. The number of rotatable bonds is 6. The van der Waals surface area contributed by atoms with E-state index < -0.39 is 0 Å². The molecule has 0 aliphatic carbocycles. The van der Waals surface area contributed by atoms with Crippen LogP contribution in [-0.4, -0.2) is 18.3 Å². The van der Waals surface area contributed by atoms with Crippen LogP contribution in [0.1, 0.15) is 13.8 Å². The lowest BCUT2D eigenvalue weighted by Crippen LogP contribution is -2.27. The molecule has 0 heterocycles. The van der Waals surface area contributed by atoms with Crippen LogP contribution < -0.4 is 5.48 Å². The van der Waals surface area contributed by atoms with Crippen LogP contribution >= 0.6 is 23.4 Å². The third-order valence-corrected chi connectivity index (χ3v) is 3.05. The Morgan fingerprint density at radius 3 is 2.65 bits per heavy atom. The largest absolute Gasteiger partial charge is 0.273 e. The molecular formula is C12H16ClNO2S. The summed E-state index contributed by atoms with van der Waals surface area (Å²) >= 11 is 7.21. The molecule has 5 heteroatoms. The lowest BCUT2D eigenvalue weighted by Gasteiger charge is -2.07. The second-order valence-electron chi connectivity index (χ2n) is 3.97. The molecule has 1 amide bonds. The zero-order chi connectivity index (χ0) is 12.7. The van der Waals surface area contributed by atoms with Gasteiger partial charge in [-0.3, -0.25) is 9.63 Å². The smallest absolute Gasteiger partial charge is 0.253 e. The number of carbonyl (C=O) groups excluding carboxylic acids is 1. The van der Waals surface area contributed by atoms with Crippen LogP contribution in [0.3, 0.4) is 0 Å². The van der Waals surface area contributed by atoms with Crippen molar-refractivity contribution in [1.82, 2.24) is 5.48 Å². The fourth-order valence-electron chi connectivity index (χ4n) is 0.998. The van der Waals surface area contributed by atoms with Gasteiger partial charge in [0.1, 0.15) is 0 Å². The number of nitrogens with one attached hydrogen (secondary N) is 1. The fraction of sp³-hybridized carbons (Fsp3) is 0.417. The summed E-state index contributed by atoms with van der Waals surface area (Å²) in [5.41, 5.74) is 2.41. The molecule has 1 rings (SSSR count). The molecule has 0 bridgehead atoms. The molecule has 0 aliphatic rings. The predicted molar refractivity (Wildman–Crippen MR) is 71.1 cm³/mol. The van der Waals surface area contributed by atoms with Gasteiger partial charge in [0.15, 0.2) is 0 Å². The van der Waals surface area contributed by atoms with Crippen molar-refractivity contribution in [2.45, 2.75) is 18.7 Å². The second kappa shape index (κ2) is 7.58. The first-order valence-corrected chi connectivity index (χ1v) is 6.73. The summed E-state index contributed by atoms with van der Waals surface area (Å²) in [5, 5.41) is 0.694. The summed E-state index contributed by atoms with van der Waals surface area (Å²) in [5.74, 6) is 0.601. The maximum absolute atomic E-state index is 11.4. The van der Waals surface area contributed by atoms with Crippen molar-refractivity contribution >= 4 is 29.3 Å². The summed E-state index contributed by atoms with van der Waals surface area (Å²) in [4.78, 5) is 17.4. The molecule has 17 heavy (non-hydrogen) atoms. The Labute approximate surface area is 111 Å². The van der Waals surface area contributed by atoms with Gasteiger partial charge in [0, 0.05) is 9.92 Å². The summed E-state index contributed by atoms with van der Waals surface area (Å²) in [6.45, 7) is 4.57. The highest BCUT2D eigenvalue weighted by molar-refractivity contribution is 8.00. The number of thioether (sulfide) groups is 1. The molecule has 0 atom stereocenters. The lowest BCUT2D eigenvalue weighted by molar-refractivity contribution is -0.131. The van der Waals surface area contributed by atoms with Crippen molar-refractivity contribution in [2.75, 3.05) is 12.4 Å². The zero-order valence-corrected chi connectivity index (χ0v) is 11.5. The van der Waals surface area contributed by atoms with Crippen molar-refractivity contribution in [3.8, 4) is 0 Å². The van der Waals surface area contributed by atoms with E-state index in [1.54, 1.807) is 12.1 Å². The Morgan fingerprint density at radius 1 is 1.41 bits per heavy atom. The van der Waals surface area contributed by atoms with E-state index in [1.165, 1.54) is 11.8 Å². The number of carbonyl (C=O) groups is 1. The maximum atomic E-state index is 11.4. The number of hydrogen-bond donors (Lipinski definition) is 1. The number of hydroxylamine groups is 1. The average molecular weight is 274 g/mol. The summed E-state index contributed by atoms with van der Waals surface area (Å²) in [6, 6.07) is 7.37. The molecule has 3 nitrogen and oxygen atoms in total. The van der Waals surface area contributed by atoms with E-state index in [4.69, 9.17) is 16.4 Å². The number of amides is 1. The average Bonchev–Trinajstić information content (AvgIpc) is 2.28. The Morgan fingerprint density at radius 2 is 2.06 bits per heavy atom. The normalized spacial score (nSPS) is 10.6. The number of halogens is 1. The third kappa shape index (κ3) is 6.56. The Bertz CT molecular complexity index is 354. The van der Waals surface area contributed by atoms with E-state index in [1.807, 2.05) is 26.0 Å². The van der Waals surface area contributed by atoms with Crippen molar-refractivity contribution in [3.05, 3.63) is 29.3 Å². The van der Waals surface area contributed by atoms with Crippen LogP contribution in [0.5, 0.6) is 0 Å². The summed E-state index contributed by atoms with van der Waals surface area (Å²) in [6.07, 6.45) is 0. The minimum atomic E-state index is -0.134. The standard InChI is InChI=1S/C12H16ClNO2S/c1-9(2)7-16-14-12(15)8-17-11-5-3-10(13)4-6-11/h3-6,9H,7-8H2,1-2H3,(H,14,15). The van der Waals surface area contributed by atoms with Gasteiger partial charge in [-0.15, -0.1) is 11.8 Å². The van der Waals surface area contributed by atoms with Crippen molar-refractivity contribution < 1.29 is 9.63 Å². The molecule has 0 unspecified atom stereocenters. The van der Waals surface area contributed by atoms with Gasteiger partial charge in [0.25, 0.3) is 5.91 Å². The minimum Gasteiger partial charge on any atom is -0.273 e. The minimum absolute atomic E-state index is 0.134. The van der Waals surface area contributed by atoms with E-state index in [9.17, 15) is 4.79 Å². The van der Waals surface area contributed by atoms with Gasteiger partial charge in [-0.25, -0.2) is 5.48 Å². The van der Waals surface area contributed by atoms with Gasteiger partial charge < -0.3 is 0 Å². The maximum Gasteiger partial charge on any atom is 0.253 e. The monoisotopic (exact) mass is 273 g/mol. The first-order valence-electron chi connectivity index (χ1n) is 5.37. The molecule has 0 fully saturated rings. The van der Waals surface area contributed by atoms with Gasteiger partial charge >= 0.3 is 0 Å².